The van der Waals surface area contributed by atoms with Crippen molar-refractivity contribution in [2.45, 2.75) is 6.10 Å². The Morgan fingerprint density at radius 2 is 2.35 bits per heavy atom. The molecule has 0 spiro atoms. The lowest BCUT2D eigenvalue weighted by Gasteiger charge is -2.31. The van der Waals surface area contributed by atoms with E-state index in [4.69, 9.17) is 25.2 Å². The van der Waals surface area contributed by atoms with E-state index in [0.717, 1.165) is 13.1 Å². The van der Waals surface area contributed by atoms with Gasteiger partial charge < -0.3 is 25.2 Å². The molecule has 1 unspecified atom stereocenters. The van der Waals surface area contributed by atoms with Crippen LogP contribution in [0.3, 0.4) is 0 Å². The number of nitrogens with zero attached hydrogens (tertiary/aromatic N) is 2. The Morgan fingerprint density at radius 1 is 1.53 bits per heavy atom. The molecular formula is C10H21N3O4. The number of amidine groups is 1. The Morgan fingerprint density at radius 3 is 3.06 bits per heavy atom. The van der Waals surface area contributed by atoms with Gasteiger partial charge in [-0.1, -0.05) is 5.16 Å². The first kappa shape index (κ1) is 14.2. The minimum atomic E-state index is -0.326. The molecule has 0 amide bonds. The predicted octanol–water partition coefficient (Wildman–Crippen LogP) is -0.903. The Hall–Kier alpha value is -0.890. The molecule has 0 aromatic rings. The van der Waals surface area contributed by atoms with E-state index in [1.54, 1.807) is 7.11 Å². The van der Waals surface area contributed by atoms with Crippen molar-refractivity contribution in [3.63, 3.8) is 0 Å². The highest BCUT2D eigenvalue weighted by atomic mass is 16.5. The number of hydrogen-bond acceptors (Lipinski definition) is 6. The van der Waals surface area contributed by atoms with Crippen LogP contribution in [0.15, 0.2) is 5.16 Å². The summed E-state index contributed by atoms with van der Waals surface area (Å²) in [6, 6.07) is 0. The highest BCUT2D eigenvalue weighted by Gasteiger charge is 2.23. The normalized spacial score (nSPS) is 22.9. The molecule has 1 heterocycles. The highest BCUT2D eigenvalue weighted by molar-refractivity contribution is 5.84. The molecule has 1 aliphatic rings. The standard InChI is InChI=1S/C10H21N3O4/c1-15-6-7-16-4-2-13-3-5-17-9(8-13)10(11)12-14/h9,14H,2-8H2,1H3,(H2,11,12). The van der Waals surface area contributed by atoms with Crippen LogP contribution in [-0.4, -0.2) is 75.2 Å². The van der Waals surface area contributed by atoms with Gasteiger partial charge >= 0.3 is 0 Å². The molecule has 0 bridgehead atoms. The number of rotatable bonds is 7. The van der Waals surface area contributed by atoms with Crippen molar-refractivity contribution in [3.8, 4) is 0 Å². The monoisotopic (exact) mass is 247 g/mol. The molecular weight excluding hydrogens is 226 g/mol. The molecule has 3 N–H and O–H groups in total. The molecule has 1 atom stereocenters. The molecule has 0 aliphatic carbocycles. The lowest BCUT2D eigenvalue weighted by Crippen LogP contribution is -2.49. The maximum atomic E-state index is 8.57. The lowest BCUT2D eigenvalue weighted by molar-refractivity contribution is -0.0106. The van der Waals surface area contributed by atoms with Crippen molar-refractivity contribution in [3.05, 3.63) is 0 Å². The van der Waals surface area contributed by atoms with E-state index in [0.29, 0.717) is 33.0 Å². The van der Waals surface area contributed by atoms with Crippen molar-refractivity contribution in [2.24, 2.45) is 10.9 Å². The van der Waals surface area contributed by atoms with Gasteiger partial charge in [0.1, 0.15) is 6.10 Å². The van der Waals surface area contributed by atoms with Crippen molar-refractivity contribution in [2.75, 3.05) is 53.2 Å². The SMILES string of the molecule is COCCOCCN1CCOC(C(N)=NO)C1. The molecule has 0 aromatic heterocycles. The summed E-state index contributed by atoms with van der Waals surface area (Å²) in [4.78, 5) is 2.17. The van der Waals surface area contributed by atoms with E-state index in [9.17, 15) is 0 Å². The lowest BCUT2D eigenvalue weighted by atomic mass is 10.2. The minimum Gasteiger partial charge on any atom is -0.409 e. The zero-order valence-corrected chi connectivity index (χ0v) is 10.2. The van der Waals surface area contributed by atoms with E-state index in [2.05, 4.69) is 10.1 Å². The predicted molar refractivity (Wildman–Crippen MR) is 62.3 cm³/mol. The topological polar surface area (TPSA) is 89.5 Å². The summed E-state index contributed by atoms with van der Waals surface area (Å²) < 4.78 is 15.6. The van der Waals surface area contributed by atoms with Crippen LogP contribution >= 0.6 is 0 Å². The summed E-state index contributed by atoms with van der Waals surface area (Å²) in [6.07, 6.45) is -0.326. The number of morpholine rings is 1. The first-order chi connectivity index (χ1) is 8.27. The van der Waals surface area contributed by atoms with Crippen LogP contribution in [0.4, 0.5) is 0 Å². The fourth-order valence-corrected chi connectivity index (χ4v) is 1.59. The average molecular weight is 247 g/mol. The maximum Gasteiger partial charge on any atom is 0.169 e. The quantitative estimate of drug-likeness (QED) is 0.199. The minimum absolute atomic E-state index is 0.120. The van der Waals surface area contributed by atoms with Crippen LogP contribution < -0.4 is 5.73 Å². The fraction of sp³-hybridized carbons (Fsp3) is 0.900. The zero-order valence-electron chi connectivity index (χ0n) is 10.2. The van der Waals surface area contributed by atoms with Crippen molar-refractivity contribution in [1.82, 2.24) is 4.90 Å². The van der Waals surface area contributed by atoms with E-state index in [-0.39, 0.29) is 11.9 Å². The second-order valence-corrected chi connectivity index (χ2v) is 3.79. The van der Waals surface area contributed by atoms with Crippen LogP contribution in [-0.2, 0) is 14.2 Å². The Balaban J connectivity index is 2.16. The van der Waals surface area contributed by atoms with Crippen LogP contribution in [0.1, 0.15) is 0 Å². The summed E-state index contributed by atoms with van der Waals surface area (Å²) in [7, 11) is 1.65. The zero-order chi connectivity index (χ0) is 12.5. The van der Waals surface area contributed by atoms with E-state index in [1.165, 1.54) is 0 Å². The first-order valence-electron chi connectivity index (χ1n) is 5.66. The van der Waals surface area contributed by atoms with Gasteiger partial charge in [-0.3, -0.25) is 4.90 Å². The van der Waals surface area contributed by atoms with Crippen LogP contribution in [0.5, 0.6) is 0 Å². The third-order valence-corrected chi connectivity index (χ3v) is 2.58. The fourth-order valence-electron chi connectivity index (χ4n) is 1.59. The van der Waals surface area contributed by atoms with Gasteiger partial charge in [0, 0.05) is 26.7 Å². The van der Waals surface area contributed by atoms with Gasteiger partial charge in [-0.25, -0.2) is 0 Å². The Bertz CT molecular complexity index is 238. The van der Waals surface area contributed by atoms with Crippen LogP contribution in [0.25, 0.3) is 0 Å². The van der Waals surface area contributed by atoms with E-state index < -0.39 is 0 Å². The molecule has 17 heavy (non-hydrogen) atoms. The summed E-state index contributed by atoms with van der Waals surface area (Å²) in [5, 5.41) is 11.5. The van der Waals surface area contributed by atoms with Gasteiger partial charge in [0.2, 0.25) is 0 Å². The maximum absolute atomic E-state index is 8.57. The molecule has 1 rings (SSSR count). The van der Waals surface area contributed by atoms with Crippen LogP contribution in [0, 0.1) is 0 Å². The molecule has 100 valence electrons. The third-order valence-electron chi connectivity index (χ3n) is 2.58. The van der Waals surface area contributed by atoms with Gasteiger partial charge in [0.25, 0.3) is 0 Å². The number of hydrogen-bond donors (Lipinski definition) is 2. The van der Waals surface area contributed by atoms with Crippen LogP contribution in [0.2, 0.25) is 0 Å². The molecule has 7 heteroatoms. The second-order valence-electron chi connectivity index (χ2n) is 3.79. The van der Waals surface area contributed by atoms with Gasteiger partial charge in [-0.15, -0.1) is 0 Å². The summed E-state index contributed by atoms with van der Waals surface area (Å²) in [5.74, 6) is 0.120. The van der Waals surface area contributed by atoms with E-state index >= 15 is 0 Å². The third kappa shape index (κ3) is 5.31. The number of nitrogens with two attached hydrogens (primary N) is 1. The van der Waals surface area contributed by atoms with Gasteiger partial charge in [-0.05, 0) is 0 Å². The molecule has 1 saturated heterocycles. The second kappa shape index (κ2) is 8.24. The molecule has 7 nitrogen and oxygen atoms in total. The molecule has 0 saturated carbocycles. The van der Waals surface area contributed by atoms with E-state index in [1.807, 2.05) is 0 Å². The molecule has 1 fully saturated rings. The Kier molecular flexibility index (Phi) is 6.87. The first-order valence-corrected chi connectivity index (χ1v) is 5.66. The smallest absolute Gasteiger partial charge is 0.169 e. The summed E-state index contributed by atoms with van der Waals surface area (Å²) in [6.45, 7) is 4.71. The summed E-state index contributed by atoms with van der Waals surface area (Å²) >= 11 is 0. The largest absolute Gasteiger partial charge is 0.409 e. The highest BCUT2D eigenvalue weighted by Crippen LogP contribution is 2.04. The average Bonchev–Trinajstić information content (AvgIpc) is 2.38. The number of methoxy groups -OCH3 is 1. The van der Waals surface area contributed by atoms with Gasteiger partial charge in [-0.2, -0.15) is 0 Å². The summed E-state index contributed by atoms with van der Waals surface area (Å²) in [5.41, 5.74) is 5.50. The molecule has 1 aliphatic heterocycles. The number of oxime groups is 1. The van der Waals surface area contributed by atoms with Crippen molar-refractivity contribution in [1.29, 1.82) is 0 Å². The van der Waals surface area contributed by atoms with Gasteiger partial charge in [0.05, 0.1) is 26.4 Å². The van der Waals surface area contributed by atoms with Crippen molar-refractivity contribution >= 4 is 5.84 Å². The molecule has 0 aromatic carbocycles. The van der Waals surface area contributed by atoms with Gasteiger partial charge in [0.15, 0.2) is 5.84 Å². The van der Waals surface area contributed by atoms with Crippen molar-refractivity contribution < 1.29 is 19.4 Å². The Labute approximate surface area is 101 Å². The molecule has 0 radical (unpaired) electrons. The number of ether oxygens (including phenoxy) is 3.